The fraction of sp³-hybridized carbons (Fsp3) is 0.808. The maximum atomic E-state index is 13.6. The van der Waals surface area contributed by atoms with Crippen LogP contribution in [0.4, 0.5) is 0 Å². The summed E-state index contributed by atoms with van der Waals surface area (Å²) >= 11 is 0. The summed E-state index contributed by atoms with van der Waals surface area (Å²) in [6.07, 6.45) is 81.9. The number of phosphoric ester groups is 1. The Morgan fingerprint density at radius 2 is 0.735 bits per heavy atom. The first kappa shape index (κ1) is 80.5. The van der Waals surface area contributed by atoms with Crippen LogP contribution in [0.3, 0.4) is 0 Å². The van der Waals surface area contributed by atoms with Crippen molar-refractivity contribution >= 4 is 19.7 Å². The van der Waals surface area contributed by atoms with E-state index in [-0.39, 0.29) is 31.5 Å². The maximum Gasteiger partial charge on any atom is 0.472 e. The van der Waals surface area contributed by atoms with Crippen molar-refractivity contribution in [3.63, 3.8) is 0 Å². The van der Waals surface area contributed by atoms with E-state index >= 15 is 0 Å². The van der Waals surface area contributed by atoms with Gasteiger partial charge in [0.2, 0.25) is 5.91 Å². The summed E-state index contributed by atoms with van der Waals surface area (Å²) in [5.41, 5.74) is 0. The van der Waals surface area contributed by atoms with Gasteiger partial charge in [-0.2, -0.15) is 0 Å². The number of rotatable bonds is 64. The fourth-order valence-corrected chi connectivity index (χ4v) is 10.9. The van der Waals surface area contributed by atoms with E-state index in [4.69, 9.17) is 13.8 Å². The van der Waals surface area contributed by atoms with Gasteiger partial charge in [0.25, 0.3) is 0 Å². The number of ether oxygens (including phenoxy) is 1. The van der Waals surface area contributed by atoms with Crippen LogP contribution in [0.5, 0.6) is 0 Å². The lowest BCUT2D eigenvalue weighted by atomic mass is 10.0. The van der Waals surface area contributed by atoms with Gasteiger partial charge in [-0.25, -0.2) is 4.57 Å². The number of quaternary nitrogens is 1. The number of hydrogen-bond acceptors (Lipinski definition) is 6. The number of unbranched alkanes of at least 4 members (excludes halogenated alkanes) is 38. The van der Waals surface area contributed by atoms with Crippen molar-refractivity contribution < 1.29 is 37.3 Å². The van der Waals surface area contributed by atoms with Gasteiger partial charge in [-0.05, 0) is 102 Å². The number of phosphoric acid groups is 1. The summed E-state index contributed by atoms with van der Waals surface area (Å²) in [5, 5.41) is 3.07. The minimum absolute atomic E-state index is 0.0373. The quantitative estimate of drug-likeness (QED) is 0.0205. The van der Waals surface area contributed by atoms with E-state index in [0.29, 0.717) is 17.4 Å². The Hall–Kier alpha value is -2.55. The molecule has 0 aromatic rings. The molecule has 0 aliphatic rings. The van der Waals surface area contributed by atoms with Gasteiger partial charge in [0.15, 0.2) is 0 Å². The molecule has 0 bridgehead atoms. The molecule has 0 aliphatic carbocycles. The second-order valence-electron chi connectivity index (χ2n) is 25.0. The lowest BCUT2D eigenvalue weighted by molar-refractivity contribution is -0.870. The SMILES string of the molecule is CCCCC/C=C\C/C=C\C/C=C\CCCCCCCCCCC(=O)NC(COP(=O)(O)OCC[N+](C)(C)C)C(/C=C/CCCCCCCCCCCCC)OC(=O)CCCCCCCCCCCCCCC/C=C\C/C=C\CCCCC. The third kappa shape index (κ3) is 63.8. The summed E-state index contributed by atoms with van der Waals surface area (Å²) in [4.78, 5) is 37.9. The first-order valence-electron chi connectivity index (χ1n) is 35.3. The molecule has 3 atom stereocenters. The highest BCUT2D eigenvalue weighted by molar-refractivity contribution is 7.47. The Kier molecular flexibility index (Phi) is 60.6. The third-order valence-corrected chi connectivity index (χ3v) is 16.6. The molecule has 9 nitrogen and oxygen atoms in total. The number of allylic oxidation sites excluding steroid dienone is 11. The zero-order valence-corrected chi connectivity index (χ0v) is 56.3. The number of hydrogen-bond donors (Lipinski definition) is 2. The summed E-state index contributed by atoms with van der Waals surface area (Å²) in [6, 6.07) is -0.856. The van der Waals surface area contributed by atoms with Crippen LogP contribution in [0.15, 0.2) is 72.9 Å². The highest BCUT2D eigenvalue weighted by atomic mass is 31.2. The van der Waals surface area contributed by atoms with Crippen molar-refractivity contribution in [2.75, 3.05) is 40.9 Å². The number of nitrogens with one attached hydrogen (secondary N) is 1. The predicted octanol–water partition coefficient (Wildman–Crippen LogP) is 22.3. The van der Waals surface area contributed by atoms with E-state index in [9.17, 15) is 19.0 Å². The molecule has 0 spiro atoms. The lowest BCUT2D eigenvalue weighted by Gasteiger charge is -2.27. The molecule has 83 heavy (non-hydrogen) atoms. The fourth-order valence-electron chi connectivity index (χ4n) is 10.2. The number of nitrogens with zero attached hydrogens (tertiary/aromatic N) is 1. The Labute approximate surface area is 514 Å². The Morgan fingerprint density at radius 3 is 1.12 bits per heavy atom. The van der Waals surface area contributed by atoms with Gasteiger partial charge in [-0.3, -0.25) is 18.6 Å². The monoisotopic (exact) mass is 1180 g/mol. The second kappa shape index (κ2) is 62.5. The van der Waals surface area contributed by atoms with E-state index in [1.54, 1.807) is 0 Å². The van der Waals surface area contributed by atoms with Crippen molar-refractivity contribution in [1.29, 1.82) is 0 Å². The van der Waals surface area contributed by atoms with E-state index < -0.39 is 20.0 Å². The van der Waals surface area contributed by atoms with Crippen LogP contribution < -0.4 is 5.32 Å². The highest BCUT2D eigenvalue weighted by Gasteiger charge is 2.30. The normalized spacial score (nSPS) is 14.0. The maximum absolute atomic E-state index is 13.6. The number of amides is 1. The van der Waals surface area contributed by atoms with Gasteiger partial charge in [0.1, 0.15) is 19.3 Å². The van der Waals surface area contributed by atoms with Gasteiger partial charge in [0.05, 0.1) is 33.8 Å². The third-order valence-electron chi connectivity index (χ3n) is 15.6. The first-order valence-corrected chi connectivity index (χ1v) is 36.8. The van der Waals surface area contributed by atoms with Crippen molar-refractivity contribution in [3.05, 3.63) is 72.9 Å². The van der Waals surface area contributed by atoms with Gasteiger partial charge in [-0.15, -0.1) is 0 Å². The molecular formula is C73H136N2O7P+. The first-order chi connectivity index (χ1) is 40.4. The van der Waals surface area contributed by atoms with Crippen LogP contribution in [-0.2, 0) is 27.9 Å². The van der Waals surface area contributed by atoms with Crippen molar-refractivity contribution in [2.45, 2.75) is 341 Å². The molecule has 0 aliphatic heterocycles. The zero-order valence-electron chi connectivity index (χ0n) is 55.4. The number of likely N-dealkylation sites (N-methyl/N-ethyl adjacent to an activating group) is 1. The summed E-state index contributed by atoms with van der Waals surface area (Å²) in [7, 11) is 1.49. The van der Waals surface area contributed by atoms with Crippen LogP contribution in [0.25, 0.3) is 0 Å². The molecule has 0 fully saturated rings. The molecule has 0 aromatic carbocycles. The molecule has 0 heterocycles. The largest absolute Gasteiger partial charge is 0.472 e. The standard InChI is InChI=1S/C73H135N2O7P/c1-7-10-13-16-19-22-25-28-30-32-34-36-37-39-41-43-45-48-51-54-57-60-63-66-73(77)82-71(64-61-58-55-52-49-46-27-24-21-18-15-12-9-3)70(69-81-83(78,79)80-68-67-75(4,5)6)74-72(76)65-62-59-56-53-50-47-44-42-40-38-35-33-31-29-26-23-20-17-14-11-8-2/h19-20,22-23,28-31,35,38,61,64,70-71H,7-18,21,24-27,32-34,36-37,39-60,62-63,65-69H2,1-6H3,(H-,74,76,78,79)/p+1/b22-19-,23-20-,30-28-,31-29-,38-35-,64-61+. The summed E-state index contributed by atoms with van der Waals surface area (Å²) in [6.45, 7) is 6.99. The van der Waals surface area contributed by atoms with E-state index in [0.717, 1.165) is 89.9 Å². The molecule has 0 saturated heterocycles. The number of carbonyl (C=O) groups is 2. The molecule has 2 N–H and O–H groups in total. The predicted molar refractivity (Wildman–Crippen MR) is 360 cm³/mol. The van der Waals surface area contributed by atoms with Crippen LogP contribution in [-0.4, -0.2) is 74.3 Å². The summed E-state index contributed by atoms with van der Waals surface area (Å²) < 4.78 is 30.8. The van der Waals surface area contributed by atoms with E-state index in [1.807, 2.05) is 33.3 Å². The molecule has 3 unspecified atom stereocenters. The van der Waals surface area contributed by atoms with Gasteiger partial charge < -0.3 is 19.4 Å². The smallest absolute Gasteiger partial charge is 0.456 e. The molecule has 1 amide bonds. The van der Waals surface area contributed by atoms with Crippen molar-refractivity contribution in [1.82, 2.24) is 5.32 Å². The van der Waals surface area contributed by atoms with Gasteiger partial charge in [-0.1, -0.05) is 287 Å². The average molecular weight is 1180 g/mol. The Morgan fingerprint density at radius 1 is 0.422 bits per heavy atom. The van der Waals surface area contributed by atoms with Crippen LogP contribution in [0.2, 0.25) is 0 Å². The zero-order chi connectivity index (χ0) is 60.7. The molecular weight excluding hydrogens is 1050 g/mol. The average Bonchev–Trinajstić information content (AvgIpc) is 3.46. The van der Waals surface area contributed by atoms with Crippen molar-refractivity contribution in [3.8, 4) is 0 Å². The Bertz CT molecular complexity index is 1650. The van der Waals surface area contributed by atoms with Gasteiger partial charge in [0, 0.05) is 12.8 Å². The van der Waals surface area contributed by atoms with Crippen LogP contribution in [0, 0.1) is 0 Å². The molecule has 10 heteroatoms. The van der Waals surface area contributed by atoms with Crippen molar-refractivity contribution in [2.24, 2.45) is 0 Å². The van der Waals surface area contributed by atoms with E-state index in [1.165, 1.54) is 205 Å². The number of esters is 1. The van der Waals surface area contributed by atoms with E-state index in [2.05, 4.69) is 86.8 Å². The lowest BCUT2D eigenvalue weighted by Crippen LogP contribution is -2.47. The minimum atomic E-state index is -4.46. The van der Waals surface area contributed by atoms with Gasteiger partial charge >= 0.3 is 13.8 Å². The van der Waals surface area contributed by atoms with Crippen LogP contribution in [0.1, 0.15) is 329 Å². The number of carbonyl (C=O) groups excluding carboxylic acids is 2. The molecule has 0 saturated carbocycles. The molecule has 484 valence electrons. The van der Waals surface area contributed by atoms with Crippen LogP contribution >= 0.6 is 7.82 Å². The summed E-state index contributed by atoms with van der Waals surface area (Å²) in [5.74, 6) is -0.505. The Balaban J connectivity index is 5.14. The topological polar surface area (TPSA) is 111 Å². The minimum Gasteiger partial charge on any atom is -0.456 e. The molecule has 0 aromatic heterocycles. The highest BCUT2D eigenvalue weighted by Crippen LogP contribution is 2.43. The molecule has 0 radical (unpaired) electrons. The second-order valence-corrected chi connectivity index (χ2v) is 26.5. The molecule has 0 rings (SSSR count).